The molecule has 0 heterocycles. The van der Waals surface area contributed by atoms with E-state index in [4.69, 9.17) is 26.3 Å². The number of hydrogen-bond donors (Lipinski definition) is 7. The van der Waals surface area contributed by atoms with Crippen molar-refractivity contribution in [3.63, 3.8) is 0 Å². The lowest BCUT2D eigenvalue weighted by molar-refractivity contribution is -0.119. The highest BCUT2D eigenvalue weighted by Gasteiger charge is 2.03. The number of carbonyl (C=O) groups is 2. The molecular weight excluding hydrogens is 456 g/mol. The number of rotatable bonds is 12. The van der Waals surface area contributed by atoms with E-state index in [9.17, 15) is 26.4 Å². The first-order valence-electron chi connectivity index (χ1n) is 9.25. The van der Waals surface area contributed by atoms with E-state index in [0.717, 1.165) is 12.8 Å². The van der Waals surface area contributed by atoms with Crippen LogP contribution in [0.25, 0.3) is 0 Å². The maximum atomic E-state index is 10.2. The molecule has 0 bridgehead atoms. The molecule has 0 fully saturated rings. The van der Waals surface area contributed by atoms with Crippen molar-refractivity contribution in [3.8, 4) is 0 Å². The number of amides is 2. The Balaban J connectivity index is -0.000000382. The van der Waals surface area contributed by atoms with Gasteiger partial charge in [0.2, 0.25) is 11.8 Å². The molecule has 0 aromatic heterocycles. The maximum Gasteiger partial charge on any atom is 0.264 e. The summed E-state index contributed by atoms with van der Waals surface area (Å²) in [6, 6.07) is 0. The Hall–Kier alpha value is -2.01. The first kappa shape index (κ1) is 33.6. The number of aliphatic imine (C=N–C) groups is 1. The summed E-state index contributed by atoms with van der Waals surface area (Å²) < 4.78 is 57.0. The fourth-order valence-electron chi connectivity index (χ4n) is 1.50. The molecule has 14 nitrogen and oxygen atoms in total. The first-order chi connectivity index (χ1) is 14.1. The summed E-state index contributed by atoms with van der Waals surface area (Å²) in [7, 11) is -7.75. The number of carbonyl (C=O) groups excluding carboxylic acids is 2. The fraction of sp³-hybridized carbons (Fsp3) is 0.800. The van der Waals surface area contributed by atoms with Gasteiger partial charge in [-0.3, -0.25) is 23.7 Å². The van der Waals surface area contributed by atoms with E-state index in [1.165, 1.54) is 13.8 Å². The lowest BCUT2D eigenvalue weighted by Gasteiger charge is -1.98. The first-order valence-corrected chi connectivity index (χ1v) is 12.5. The van der Waals surface area contributed by atoms with Gasteiger partial charge in [-0.15, -0.1) is 0 Å². The normalized spacial score (nSPS) is 10.5. The van der Waals surface area contributed by atoms with Crippen LogP contribution in [0.2, 0.25) is 0 Å². The van der Waals surface area contributed by atoms with Crippen molar-refractivity contribution < 1.29 is 35.5 Å². The number of guanidine groups is 1. The Kier molecular flexibility index (Phi) is 21.6. The quantitative estimate of drug-likeness (QED) is 0.0665. The molecule has 16 heteroatoms. The highest BCUT2D eigenvalue weighted by molar-refractivity contribution is 7.86. The molecule has 0 unspecified atom stereocenters. The molecule has 0 aliphatic rings. The van der Waals surface area contributed by atoms with Crippen molar-refractivity contribution in [2.45, 2.75) is 39.5 Å². The molecule has 186 valence electrons. The van der Waals surface area contributed by atoms with Crippen LogP contribution in [0, 0.1) is 0 Å². The minimum absolute atomic E-state index is 0.159. The van der Waals surface area contributed by atoms with Crippen molar-refractivity contribution in [2.75, 3.05) is 37.7 Å². The smallest absolute Gasteiger partial charge is 0.264 e. The van der Waals surface area contributed by atoms with Gasteiger partial charge in [-0.1, -0.05) is 0 Å². The van der Waals surface area contributed by atoms with Crippen LogP contribution in [0.1, 0.15) is 39.5 Å². The van der Waals surface area contributed by atoms with Crippen LogP contribution in [0.15, 0.2) is 4.99 Å². The summed E-state index contributed by atoms with van der Waals surface area (Å²) in [6.07, 6.45) is 2.42. The SMILES string of the molecule is CC(=O)NCCCS(=O)(=O)O.CC(=O)NCCCS(=O)(=O)O.NCCCCN=C(N)N. The van der Waals surface area contributed by atoms with E-state index in [1.807, 2.05) is 0 Å². The van der Waals surface area contributed by atoms with Crippen molar-refractivity contribution >= 4 is 38.0 Å². The van der Waals surface area contributed by atoms with E-state index in [0.29, 0.717) is 13.1 Å². The third-order valence-electron chi connectivity index (χ3n) is 2.81. The molecule has 0 saturated heterocycles. The standard InChI is InChI=1S/C5H14N4.2C5H11NO4S/c6-3-1-2-4-9-5(7)8;2*1-5(7)6-3-2-4-11(8,9)10/h1-4,6H2,(H4,7,8,9);2*2-4H2,1H3,(H,6,7)(H,8,9,10). The van der Waals surface area contributed by atoms with Crippen molar-refractivity contribution in [3.05, 3.63) is 0 Å². The van der Waals surface area contributed by atoms with E-state index in [1.54, 1.807) is 0 Å². The summed E-state index contributed by atoms with van der Waals surface area (Å²) >= 11 is 0. The number of nitrogens with zero attached hydrogens (tertiary/aromatic N) is 1. The lowest BCUT2D eigenvalue weighted by atomic mass is 10.3. The van der Waals surface area contributed by atoms with E-state index in [-0.39, 0.29) is 55.2 Å². The predicted octanol–water partition coefficient (Wildman–Crippen LogP) is -2.20. The third kappa shape index (κ3) is 47.3. The van der Waals surface area contributed by atoms with Gasteiger partial charge in [0.1, 0.15) is 0 Å². The average Bonchev–Trinajstić information content (AvgIpc) is 2.59. The van der Waals surface area contributed by atoms with Gasteiger partial charge in [-0.2, -0.15) is 16.8 Å². The fourth-order valence-corrected chi connectivity index (χ4v) is 2.52. The van der Waals surface area contributed by atoms with Crippen molar-refractivity contribution in [1.29, 1.82) is 0 Å². The molecular formula is C15H36N6O8S2. The number of nitrogens with one attached hydrogen (secondary N) is 2. The maximum absolute atomic E-state index is 10.2. The van der Waals surface area contributed by atoms with Crippen LogP contribution in [-0.4, -0.2) is 81.4 Å². The highest BCUT2D eigenvalue weighted by Crippen LogP contribution is 1.86. The van der Waals surface area contributed by atoms with Crippen LogP contribution < -0.4 is 27.8 Å². The molecule has 0 saturated carbocycles. The zero-order valence-electron chi connectivity index (χ0n) is 17.9. The average molecular weight is 493 g/mol. The zero-order valence-corrected chi connectivity index (χ0v) is 19.5. The molecule has 0 spiro atoms. The van der Waals surface area contributed by atoms with E-state index >= 15 is 0 Å². The Morgan fingerprint density at radius 3 is 1.45 bits per heavy atom. The van der Waals surface area contributed by atoms with Crippen LogP contribution >= 0.6 is 0 Å². The van der Waals surface area contributed by atoms with Gasteiger partial charge in [0.15, 0.2) is 5.96 Å². The Morgan fingerprint density at radius 2 is 1.19 bits per heavy atom. The predicted molar refractivity (Wildman–Crippen MR) is 118 cm³/mol. The molecule has 0 radical (unpaired) electrons. The molecule has 2 amide bonds. The zero-order chi connectivity index (χ0) is 24.9. The lowest BCUT2D eigenvalue weighted by Crippen LogP contribution is -2.23. The minimum Gasteiger partial charge on any atom is -0.370 e. The second-order valence-electron chi connectivity index (χ2n) is 6.05. The summed E-state index contributed by atoms with van der Waals surface area (Å²) in [4.78, 5) is 24.3. The van der Waals surface area contributed by atoms with Gasteiger partial charge in [0, 0.05) is 33.5 Å². The molecule has 10 N–H and O–H groups in total. The van der Waals surface area contributed by atoms with Crippen LogP contribution in [0.5, 0.6) is 0 Å². The van der Waals surface area contributed by atoms with Crippen molar-refractivity contribution in [1.82, 2.24) is 10.6 Å². The van der Waals surface area contributed by atoms with Crippen LogP contribution in [0.4, 0.5) is 0 Å². The number of hydrogen-bond acceptors (Lipinski definition) is 8. The van der Waals surface area contributed by atoms with Gasteiger partial charge in [0.25, 0.3) is 20.2 Å². The summed E-state index contributed by atoms with van der Waals surface area (Å²) in [5.41, 5.74) is 15.4. The molecule has 0 aromatic carbocycles. The molecule has 0 aliphatic heterocycles. The largest absolute Gasteiger partial charge is 0.370 e. The molecule has 0 aliphatic carbocycles. The minimum atomic E-state index is -3.87. The second-order valence-corrected chi connectivity index (χ2v) is 9.19. The number of unbranched alkanes of at least 4 members (excludes halogenated alkanes) is 1. The van der Waals surface area contributed by atoms with Gasteiger partial charge < -0.3 is 27.8 Å². The van der Waals surface area contributed by atoms with E-state index < -0.39 is 20.2 Å². The Labute approximate surface area is 183 Å². The van der Waals surface area contributed by atoms with Crippen LogP contribution in [-0.2, 0) is 29.8 Å². The molecule has 0 aromatic rings. The van der Waals surface area contributed by atoms with Gasteiger partial charge in [-0.25, -0.2) is 0 Å². The molecule has 0 rings (SSSR count). The second kappa shape index (κ2) is 19.9. The van der Waals surface area contributed by atoms with Gasteiger partial charge in [-0.05, 0) is 32.2 Å². The summed E-state index contributed by atoms with van der Waals surface area (Å²) in [6.45, 7) is 4.63. The van der Waals surface area contributed by atoms with Crippen LogP contribution in [0.3, 0.4) is 0 Å². The highest BCUT2D eigenvalue weighted by atomic mass is 32.2. The summed E-state index contributed by atoms with van der Waals surface area (Å²) in [5, 5.41) is 4.81. The Morgan fingerprint density at radius 1 is 0.806 bits per heavy atom. The van der Waals surface area contributed by atoms with Gasteiger partial charge >= 0.3 is 0 Å². The third-order valence-corrected chi connectivity index (χ3v) is 4.42. The number of nitrogens with two attached hydrogens (primary N) is 3. The summed E-state index contributed by atoms with van der Waals surface area (Å²) in [5.74, 6) is -0.881. The van der Waals surface area contributed by atoms with E-state index in [2.05, 4.69) is 15.6 Å². The monoisotopic (exact) mass is 492 g/mol. The topological polar surface area (TPSA) is 257 Å². The molecule has 0 atom stereocenters. The van der Waals surface area contributed by atoms with Gasteiger partial charge in [0.05, 0.1) is 11.5 Å². The molecule has 31 heavy (non-hydrogen) atoms. The Bertz CT molecular complexity index is 672. The van der Waals surface area contributed by atoms with Crippen molar-refractivity contribution in [2.24, 2.45) is 22.2 Å².